The van der Waals surface area contributed by atoms with Crippen LogP contribution in [0.5, 0.6) is 5.75 Å². The van der Waals surface area contributed by atoms with Crippen LogP contribution in [0.15, 0.2) is 4.79 Å². The van der Waals surface area contributed by atoms with E-state index in [1.165, 1.54) is 6.92 Å². The van der Waals surface area contributed by atoms with Crippen molar-refractivity contribution in [1.82, 2.24) is 4.98 Å². The van der Waals surface area contributed by atoms with Crippen molar-refractivity contribution < 1.29 is 9.50 Å². The Labute approximate surface area is 62.5 Å². The number of hydrogen-bond acceptors (Lipinski definition) is 2. The van der Waals surface area contributed by atoms with Crippen LogP contribution in [-0.4, -0.2) is 10.1 Å². The molecule has 0 radical (unpaired) electrons. The van der Waals surface area contributed by atoms with E-state index in [0.717, 1.165) is 0 Å². The Morgan fingerprint density at radius 3 is 2.55 bits per heavy atom. The molecule has 0 amide bonds. The lowest BCUT2D eigenvalue weighted by Gasteiger charge is -2.00. The van der Waals surface area contributed by atoms with Crippen LogP contribution in [0.2, 0.25) is 0 Å². The molecule has 0 aliphatic carbocycles. The largest absolute Gasteiger partial charge is 0.501 e. The van der Waals surface area contributed by atoms with E-state index in [0.29, 0.717) is 11.3 Å². The Balaban J connectivity index is 3.59. The second-order valence-electron chi connectivity index (χ2n) is 2.37. The lowest BCUT2D eigenvalue weighted by molar-refractivity contribution is 0.412. The standard InChI is InChI=1S/C7H8FNO2/c1-3-4(2)9-7(8)6(11)5(3)10/h11H,1-2H3,(H,9,10). The quantitative estimate of drug-likeness (QED) is 0.548. The Morgan fingerprint density at radius 1 is 1.45 bits per heavy atom. The molecule has 0 saturated heterocycles. The van der Waals surface area contributed by atoms with Crippen molar-refractivity contribution in [2.45, 2.75) is 13.8 Å². The van der Waals surface area contributed by atoms with Gasteiger partial charge in [-0.1, -0.05) is 0 Å². The molecular weight excluding hydrogens is 149 g/mol. The molecule has 0 bridgehead atoms. The topological polar surface area (TPSA) is 53.1 Å². The maximum absolute atomic E-state index is 12.5. The van der Waals surface area contributed by atoms with E-state index in [-0.39, 0.29) is 0 Å². The van der Waals surface area contributed by atoms with Gasteiger partial charge in [-0.15, -0.1) is 0 Å². The third-order valence-electron chi connectivity index (χ3n) is 1.62. The molecule has 0 unspecified atom stereocenters. The predicted octanol–water partition coefficient (Wildman–Crippen LogP) is 0.836. The number of H-pyrrole nitrogens is 1. The van der Waals surface area contributed by atoms with Crippen LogP contribution in [-0.2, 0) is 0 Å². The molecule has 60 valence electrons. The first-order valence-corrected chi connectivity index (χ1v) is 3.12. The third-order valence-corrected chi connectivity index (χ3v) is 1.62. The van der Waals surface area contributed by atoms with E-state index in [1.54, 1.807) is 6.92 Å². The van der Waals surface area contributed by atoms with Crippen LogP contribution in [0.4, 0.5) is 4.39 Å². The first-order valence-electron chi connectivity index (χ1n) is 3.12. The van der Waals surface area contributed by atoms with Gasteiger partial charge in [0.15, 0.2) is 0 Å². The van der Waals surface area contributed by atoms with Crippen molar-refractivity contribution in [2.75, 3.05) is 0 Å². The summed E-state index contributed by atoms with van der Waals surface area (Å²) in [5.41, 5.74) is 0.118. The average molecular weight is 157 g/mol. The van der Waals surface area contributed by atoms with Crippen LogP contribution < -0.4 is 5.43 Å². The maximum atomic E-state index is 12.5. The summed E-state index contributed by atoms with van der Waals surface area (Å²) in [6, 6.07) is 0. The van der Waals surface area contributed by atoms with Gasteiger partial charge in [-0.05, 0) is 13.8 Å². The Hall–Kier alpha value is -1.32. The SMILES string of the molecule is Cc1[nH]c(F)c(O)c(=O)c1C. The molecule has 1 heterocycles. The second kappa shape index (κ2) is 2.38. The Morgan fingerprint density at radius 2 is 2.00 bits per heavy atom. The van der Waals surface area contributed by atoms with E-state index in [4.69, 9.17) is 5.11 Å². The number of aromatic nitrogens is 1. The third kappa shape index (κ3) is 1.11. The fourth-order valence-electron chi connectivity index (χ4n) is 0.765. The molecule has 0 aromatic carbocycles. The van der Waals surface area contributed by atoms with Crippen LogP contribution in [0.3, 0.4) is 0 Å². The minimum absolute atomic E-state index is 0.337. The van der Waals surface area contributed by atoms with Crippen LogP contribution in [0.1, 0.15) is 11.3 Å². The number of pyridine rings is 1. The van der Waals surface area contributed by atoms with E-state index >= 15 is 0 Å². The smallest absolute Gasteiger partial charge is 0.237 e. The molecule has 0 aliphatic rings. The molecule has 1 aromatic heterocycles. The van der Waals surface area contributed by atoms with Crippen LogP contribution >= 0.6 is 0 Å². The number of nitrogens with one attached hydrogen (secondary N) is 1. The highest BCUT2D eigenvalue weighted by Gasteiger charge is 2.09. The van der Waals surface area contributed by atoms with Gasteiger partial charge in [0.25, 0.3) is 0 Å². The van der Waals surface area contributed by atoms with E-state index in [1.807, 2.05) is 0 Å². The summed E-state index contributed by atoms with van der Waals surface area (Å²) in [4.78, 5) is 13.1. The summed E-state index contributed by atoms with van der Waals surface area (Å²) in [7, 11) is 0. The minimum Gasteiger partial charge on any atom is -0.501 e. The zero-order chi connectivity index (χ0) is 8.59. The summed E-state index contributed by atoms with van der Waals surface area (Å²) in [6.07, 6.45) is 0. The Bertz CT molecular complexity index is 314. The average Bonchev–Trinajstić information content (AvgIpc) is 1.97. The molecular formula is C7H8FNO2. The molecule has 11 heavy (non-hydrogen) atoms. The van der Waals surface area contributed by atoms with Crippen LogP contribution in [0.25, 0.3) is 0 Å². The zero-order valence-electron chi connectivity index (χ0n) is 6.23. The monoisotopic (exact) mass is 157 g/mol. The fraction of sp³-hybridized carbons (Fsp3) is 0.286. The number of rotatable bonds is 0. The number of halogens is 1. The zero-order valence-corrected chi connectivity index (χ0v) is 6.23. The molecule has 0 aliphatic heterocycles. The van der Waals surface area contributed by atoms with Gasteiger partial charge in [-0.3, -0.25) is 4.79 Å². The highest BCUT2D eigenvalue weighted by molar-refractivity contribution is 5.27. The number of aromatic hydroxyl groups is 1. The predicted molar refractivity (Wildman–Crippen MR) is 38.2 cm³/mol. The molecule has 0 fully saturated rings. The molecule has 0 spiro atoms. The van der Waals surface area contributed by atoms with Crippen molar-refractivity contribution in [3.63, 3.8) is 0 Å². The summed E-state index contributed by atoms with van der Waals surface area (Å²) < 4.78 is 12.5. The first-order chi connectivity index (χ1) is 5.04. The molecule has 3 nitrogen and oxygen atoms in total. The van der Waals surface area contributed by atoms with Gasteiger partial charge in [0.05, 0.1) is 0 Å². The van der Waals surface area contributed by atoms with Gasteiger partial charge in [0, 0.05) is 11.3 Å². The van der Waals surface area contributed by atoms with Crippen molar-refractivity contribution in [2.24, 2.45) is 0 Å². The summed E-state index contributed by atoms with van der Waals surface area (Å²) >= 11 is 0. The van der Waals surface area contributed by atoms with Gasteiger partial charge in [0.2, 0.25) is 17.1 Å². The van der Waals surface area contributed by atoms with E-state index in [2.05, 4.69) is 4.98 Å². The maximum Gasteiger partial charge on any atom is 0.237 e. The minimum atomic E-state index is -0.974. The van der Waals surface area contributed by atoms with Crippen LogP contribution in [0, 0.1) is 19.8 Å². The highest BCUT2D eigenvalue weighted by Crippen LogP contribution is 2.08. The lowest BCUT2D eigenvalue weighted by atomic mass is 10.2. The summed E-state index contributed by atoms with van der Waals surface area (Å²) in [6.45, 7) is 3.09. The second-order valence-corrected chi connectivity index (χ2v) is 2.37. The van der Waals surface area contributed by atoms with Crippen molar-refractivity contribution >= 4 is 0 Å². The molecule has 1 rings (SSSR count). The van der Waals surface area contributed by atoms with Gasteiger partial charge < -0.3 is 10.1 Å². The molecule has 2 N–H and O–H groups in total. The van der Waals surface area contributed by atoms with Crippen molar-refractivity contribution in [3.8, 4) is 5.75 Å². The van der Waals surface area contributed by atoms with Gasteiger partial charge >= 0.3 is 0 Å². The van der Waals surface area contributed by atoms with E-state index < -0.39 is 17.1 Å². The summed E-state index contributed by atoms with van der Waals surface area (Å²) in [5, 5.41) is 8.79. The first kappa shape index (κ1) is 7.78. The van der Waals surface area contributed by atoms with E-state index in [9.17, 15) is 9.18 Å². The lowest BCUT2D eigenvalue weighted by Crippen LogP contribution is -2.10. The van der Waals surface area contributed by atoms with Crippen molar-refractivity contribution in [1.29, 1.82) is 0 Å². The highest BCUT2D eigenvalue weighted by atomic mass is 19.1. The van der Waals surface area contributed by atoms with Gasteiger partial charge in [-0.2, -0.15) is 4.39 Å². The fourth-order valence-corrected chi connectivity index (χ4v) is 0.765. The summed E-state index contributed by atoms with van der Waals surface area (Å²) in [5.74, 6) is -1.81. The normalized spacial score (nSPS) is 10.1. The molecule has 0 saturated carbocycles. The Kier molecular flexibility index (Phi) is 1.68. The molecule has 0 atom stereocenters. The number of hydrogen-bond donors (Lipinski definition) is 2. The molecule has 4 heteroatoms. The number of aryl methyl sites for hydroxylation is 1. The van der Waals surface area contributed by atoms with Gasteiger partial charge in [-0.25, -0.2) is 0 Å². The van der Waals surface area contributed by atoms with Gasteiger partial charge in [0.1, 0.15) is 0 Å². The molecule has 1 aromatic rings. The van der Waals surface area contributed by atoms with Crippen molar-refractivity contribution in [3.05, 3.63) is 27.4 Å². The number of aromatic amines is 1.